The van der Waals surface area contributed by atoms with Crippen molar-refractivity contribution >= 4 is 11.9 Å². The van der Waals surface area contributed by atoms with E-state index >= 15 is 0 Å². The van der Waals surface area contributed by atoms with Gasteiger partial charge in [-0.1, -0.05) is 51.4 Å². The molecule has 0 aromatic heterocycles. The molecule has 0 bridgehead atoms. The smallest absolute Gasteiger partial charge is 0.303 e. The van der Waals surface area contributed by atoms with Crippen molar-refractivity contribution in [1.82, 2.24) is 0 Å². The van der Waals surface area contributed by atoms with E-state index in [1.165, 1.54) is 0 Å². The first-order chi connectivity index (χ1) is 16.0. The summed E-state index contributed by atoms with van der Waals surface area (Å²) in [5.74, 6) is -1.44. The van der Waals surface area contributed by atoms with Gasteiger partial charge in [-0.25, -0.2) is 0 Å². The second-order valence-corrected chi connectivity index (χ2v) is 8.98. The Balaban J connectivity index is 1.39. The van der Waals surface area contributed by atoms with Crippen LogP contribution in [0.4, 0.5) is 0 Å². The molecule has 0 aliphatic carbocycles. The Morgan fingerprint density at radius 3 is 1.45 bits per heavy atom. The first-order valence-corrected chi connectivity index (χ1v) is 12.6. The average Bonchev–Trinajstić information content (AvgIpc) is 3.41. The third-order valence-electron chi connectivity index (χ3n) is 5.97. The molecule has 2 fully saturated rings. The van der Waals surface area contributed by atoms with Gasteiger partial charge in [-0.15, -0.1) is 0 Å². The molecule has 2 saturated heterocycles. The van der Waals surface area contributed by atoms with E-state index in [0.717, 1.165) is 77.0 Å². The van der Waals surface area contributed by atoms with Gasteiger partial charge in [-0.05, 0) is 25.7 Å². The highest BCUT2D eigenvalue weighted by molar-refractivity contribution is 5.66. The lowest BCUT2D eigenvalue weighted by Crippen LogP contribution is -2.24. The molecular weight excluding hydrogens is 432 g/mol. The molecule has 2 aliphatic rings. The lowest BCUT2D eigenvalue weighted by molar-refractivity contribution is -0.146. The third kappa shape index (κ3) is 13.9. The van der Waals surface area contributed by atoms with Crippen LogP contribution in [0.15, 0.2) is 0 Å². The van der Waals surface area contributed by atoms with Crippen LogP contribution < -0.4 is 0 Å². The van der Waals surface area contributed by atoms with Crippen molar-refractivity contribution in [2.45, 2.75) is 115 Å². The topological polar surface area (TPSA) is 121 Å². The normalized spacial score (nSPS) is 25.0. The molecule has 192 valence electrons. The van der Waals surface area contributed by atoms with Gasteiger partial charge in [0.05, 0.1) is 38.6 Å². The van der Waals surface area contributed by atoms with Crippen LogP contribution in [0.2, 0.25) is 0 Å². The summed E-state index contributed by atoms with van der Waals surface area (Å²) in [6.07, 6.45) is 11.8. The Labute approximate surface area is 197 Å². The predicted molar refractivity (Wildman–Crippen MR) is 120 cm³/mol. The minimum Gasteiger partial charge on any atom is -0.481 e. The maximum Gasteiger partial charge on any atom is 0.303 e. The summed E-state index contributed by atoms with van der Waals surface area (Å²) < 4.78 is 28.7. The second-order valence-electron chi connectivity index (χ2n) is 8.98. The van der Waals surface area contributed by atoms with Crippen LogP contribution >= 0.6 is 0 Å². The van der Waals surface area contributed by atoms with Gasteiger partial charge in [-0.2, -0.15) is 0 Å². The van der Waals surface area contributed by atoms with Crippen molar-refractivity contribution < 1.29 is 43.5 Å². The predicted octanol–water partition coefficient (Wildman–Crippen LogP) is 4.12. The Hall–Kier alpha value is -1.26. The van der Waals surface area contributed by atoms with E-state index < -0.39 is 11.9 Å². The Kier molecular flexibility index (Phi) is 14.6. The minimum atomic E-state index is -0.719. The third-order valence-corrected chi connectivity index (χ3v) is 5.97. The van der Waals surface area contributed by atoms with Crippen LogP contribution in [-0.4, -0.2) is 73.4 Å². The molecule has 4 unspecified atom stereocenters. The number of ether oxygens (including phenoxy) is 5. The van der Waals surface area contributed by atoms with Gasteiger partial charge in [0.15, 0.2) is 12.6 Å². The fourth-order valence-electron chi connectivity index (χ4n) is 4.11. The number of carboxylic acid groups (broad SMARTS) is 2. The molecule has 33 heavy (non-hydrogen) atoms. The fraction of sp³-hybridized carbons (Fsp3) is 0.917. The zero-order valence-electron chi connectivity index (χ0n) is 19.8. The molecule has 4 atom stereocenters. The maximum absolute atomic E-state index is 10.5. The number of carboxylic acids is 2. The van der Waals surface area contributed by atoms with Crippen LogP contribution in [0.1, 0.15) is 89.9 Å². The molecule has 2 rings (SSSR count). The number of carbonyl (C=O) groups is 2. The summed E-state index contributed by atoms with van der Waals surface area (Å²) in [6.45, 7) is 1.88. The standard InChI is InChI=1S/C24H42O9/c25-21(26)13-9-5-1-3-7-11-19-15-30-23(32-19)17-29-18-24-31-16-20(33-24)12-8-4-2-6-10-14-22(27)28/h19-20,23-24H,1-18H2,(H,25,26)(H,27,28). The summed E-state index contributed by atoms with van der Waals surface area (Å²) in [5, 5.41) is 17.3. The van der Waals surface area contributed by atoms with E-state index in [1.54, 1.807) is 0 Å². The van der Waals surface area contributed by atoms with E-state index in [4.69, 9.17) is 33.9 Å². The van der Waals surface area contributed by atoms with Gasteiger partial charge in [0.2, 0.25) is 0 Å². The number of rotatable bonds is 20. The lowest BCUT2D eigenvalue weighted by Gasteiger charge is -2.15. The van der Waals surface area contributed by atoms with E-state index in [1.807, 2.05) is 0 Å². The summed E-state index contributed by atoms with van der Waals surface area (Å²) in [7, 11) is 0. The summed E-state index contributed by atoms with van der Waals surface area (Å²) in [6, 6.07) is 0. The van der Waals surface area contributed by atoms with Crippen LogP contribution in [0, 0.1) is 0 Å². The molecule has 2 heterocycles. The molecule has 0 aromatic carbocycles. The Morgan fingerprint density at radius 2 is 1.03 bits per heavy atom. The number of hydrogen-bond acceptors (Lipinski definition) is 7. The van der Waals surface area contributed by atoms with Gasteiger partial charge in [0.1, 0.15) is 0 Å². The molecule has 9 nitrogen and oxygen atoms in total. The molecule has 9 heteroatoms. The number of aliphatic carboxylic acids is 2. The number of hydrogen-bond donors (Lipinski definition) is 2. The molecule has 2 N–H and O–H groups in total. The molecule has 0 amide bonds. The summed E-state index contributed by atoms with van der Waals surface area (Å²) in [4.78, 5) is 21.0. The fourth-order valence-corrected chi connectivity index (χ4v) is 4.11. The quantitative estimate of drug-likeness (QED) is 0.251. The van der Waals surface area contributed by atoms with Crippen molar-refractivity contribution in [2.24, 2.45) is 0 Å². The van der Waals surface area contributed by atoms with Gasteiger partial charge < -0.3 is 33.9 Å². The zero-order valence-corrected chi connectivity index (χ0v) is 19.8. The van der Waals surface area contributed by atoms with Crippen molar-refractivity contribution in [2.75, 3.05) is 26.4 Å². The zero-order chi connectivity index (χ0) is 23.7. The van der Waals surface area contributed by atoms with Crippen LogP contribution in [0.25, 0.3) is 0 Å². The average molecular weight is 475 g/mol. The monoisotopic (exact) mass is 474 g/mol. The molecule has 0 saturated carbocycles. The highest BCUT2D eigenvalue weighted by Gasteiger charge is 2.28. The summed E-state index contributed by atoms with van der Waals surface area (Å²) >= 11 is 0. The summed E-state index contributed by atoms with van der Waals surface area (Å²) in [5.41, 5.74) is 0. The molecule has 0 aromatic rings. The molecule has 0 radical (unpaired) electrons. The van der Waals surface area contributed by atoms with Crippen LogP contribution in [-0.2, 0) is 33.3 Å². The highest BCUT2D eigenvalue weighted by atomic mass is 16.8. The van der Waals surface area contributed by atoms with Crippen LogP contribution in [0.5, 0.6) is 0 Å². The first-order valence-electron chi connectivity index (χ1n) is 12.6. The van der Waals surface area contributed by atoms with E-state index in [-0.39, 0.29) is 37.6 Å². The van der Waals surface area contributed by atoms with E-state index in [9.17, 15) is 9.59 Å². The first kappa shape index (κ1) is 28.0. The van der Waals surface area contributed by atoms with Gasteiger partial charge in [-0.3, -0.25) is 9.59 Å². The van der Waals surface area contributed by atoms with Gasteiger partial charge in [0.25, 0.3) is 0 Å². The van der Waals surface area contributed by atoms with Gasteiger partial charge in [0, 0.05) is 12.8 Å². The Bertz CT molecular complexity index is 496. The van der Waals surface area contributed by atoms with Gasteiger partial charge >= 0.3 is 11.9 Å². The molecular formula is C24H42O9. The highest BCUT2D eigenvalue weighted by Crippen LogP contribution is 2.20. The lowest BCUT2D eigenvalue weighted by atomic mass is 10.1. The molecule has 0 spiro atoms. The van der Waals surface area contributed by atoms with Crippen molar-refractivity contribution in [3.63, 3.8) is 0 Å². The second kappa shape index (κ2) is 17.2. The van der Waals surface area contributed by atoms with E-state index in [0.29, 0.717) is 26.4 Å². The van der Waals surface area contributed by atoms with Crippen molar-refractivity contribution in [1.29, 1.82) is 0 Å². The van der Waals surface area contributed by atoms with Crippen molar-refractivity contribution in [3.8, 4) is 0 Å². The SMILES string of the molecule is O=C(O)CCCCCCCC1COC(COCC2OCC(CCCCCCCC(=O)O)O2)O1. The van der Waals surface area contributed by atoms with E-state index in [2.05, 4.69) is 0 Å². The Morgan fingerprint density at radius 1 is 0.636 bits per heavy atom. The largest absolute Gasteiger partial charge is 0.481 e. The number of unbranched alkanes of at least 4 members (excludes halogenated alkanes) is 8. The maximum atomic E-state index is 10.5. The van der Waals surface area contributed by atoms with Crippen molar-refractivity contribution in [3.05, 3.63) is 0 Å². The minimum absolute atomic E-state index is 0.102. The molecule has 2 aliphatic heterocycles. The van der Waals surface area contributed by atoms with Crippen LogP contribution in [0.3, 0.4) is 0 Å².